The molecule has 1 aromatic heterocycles. The van der Waals surface area contributed by atoms with Gasteiger partial charge in [0, 0.05) is 17.4 Å². The van der Waals surface area contributed by atoms with Gasteiger partial charge in [-0.15, -0.1) is 11.6 Å². The van der Waals surface area contributed by atoms with Gasteiger partial charge in [-0.2, -0.15) is 0 Å². The Morgan fingerprint density at radius 3 is 2.59 bits per heavy atom. The molecule has 2 atom stereocenters. The number of nitrogens with zero attached hydrogens (tertiary/aromatic N) is 1. The molecule has 0 aliphatic carbocycles. The van der Waals surface area contributed by atoms with E-state index in [4.69, 9.17) is 33.0 Å². The number of hydrogen-bond donors (Lipinski definition) is 0. The Labute approximate surface area is 186 Å². The number of thiocarbonyl (C=S) groups is 1. The second-order valence-electron chi connectivity index (χ2n) is 6.76. The van der Waals surface area contributed by atoms with Crippen molar-refractivity contribution in [2.75, 3.05) is 11.5 Å². The van der Waals surface area contributed by atoms with E-state index in [1.54, 1.807) is 6.08 Å². The van der Waals surface area contributed by atoms with Crippen LogP contribution in [0, 0.1) is 0 Å². The smallest absolute Gasteiger partial charge is 0.270 e. The molecule has 4 nitrogen and oxygen atoms in total. The Morgan fingerprint density at radius 2 is 1.97 bits per heavy atom. The fourth-order valence-electron chi connectivity index (χ4n) is 3.23. The lowest BCUT2D eigenvalue weighted by Crippen LogP contribution is -2.27. The third kappa shape index (κ3) is 5.05. The minimum absolute atomic E-state index is 0.0215. The average Bonchev–Trinajstić information content (AvgIpc) is 3.25. The number of benzene rings is 1. The highest BCUT2D eigenvalue weighted by atomic mass is 35.5. The largest absolute Gasteiger partial charge is 0.494 e. The third-order valence-electron chi connectivity index (χ3n) is 4.64. The summed E-state index contributed by atoms with van der Waals surface area (Å²) >= 11 is 13.0. The highest BCUT2D eigenvalue weighted by molar-refractivity contribution is 8.27. The molecule has 0 spiro atoms. The van der Waals surface area contributed by atoms with Crippen LogP contribution in [-0.2, 0) is 4.79 Å². The van der Waals surface area contributed by atoms with Crippen LogP contribution >= 0.6 is 35.6 Å². The number of thioether (sulfide) groups is 1. The molecule has 29 heavy (non-hydrogen) atoms. The zero-order valence-corrected chi connectivity index (χ0v) is 19.1. The zero-order valence-electron chi connectivity index (χ0n) is 16.7. The number of anilines is 1. The Balaban J connectivity index is 1.79. The molecule has 0 N–H and O–H groups in total. The van der Waals surface area contributed by atoms with E-state index in [0.717, 1.165) is 30.0 Å². The lowest BCUT2D eigenvalue weighted by molar-refractivity contribution is -0.113. The molecule has 1 amide bonds. The van der Waals surface area contributed by atoms with Crippen LogP contribution < -0.4 is 9.64 Å². The molecular weight excluding hydrogens is 426 g/mol. The maximum Gasteiger partial charge on any atom is 0.270 e. The summed E-state index contributed by atoms with van der Waals surface area (Å²) in [6, 6.07) is 11.2. The van der Waals surface area contributed by atoms with Gasteiger partial charge in [-0.25, -0.2) is 0 Å². The Morgan fingerprint density at radius 1 is 1.24 bits per heavy atom. The molecule has 1 aliphatic rings. The molecule has 2 heterocycles. The zero-order chi connectivity index (χ0) is 21.0. The summed E-state index contributed by atoms with van der Waals surface area (Å²) in [5.41, 5.74) is 0.721. The van der Waals surface area contributed by atoms with Gasteiger partial charge in [-0.3, -0.25) is 9.69 Å². The van der Waals surface area contributed by atoms with Gasteiger partial charge in [0.2, 0.25) is 0 Å². The van der Waals surface area contributed by atoms with Crippen LogP contribution in [0.2, 0.25) is 0 Å². The Hall–Kier alpha value is -1.76. The molecule has 2 unspecified atom stereocenters. The number of halogens is 1. The van der Waals surface area contributed by atoms with Crippen LogP contribution in [0.25, 0.3) is 6.08 Å². The fraction of sp³-hybridized carbons (Fsp3) is 0.364. The highest BCUT2D eigenvalue weighted by Crippen LogP contribution is 2.37. The first-order valence-corrected chi connectivity index (χ1v) is 11.3. The number of rotatable bonds is 8. The molecule has 1 fully saturated rings. The van der Waals surface area contributed by atoms with Gasteiger partial charge in [-0.05, 0) is 56.7 Å². The summed E-state index contributed by atoms with van der Waals surface area (Å²) in [5.74, 6) is 2.24. The predicted molar refractivity (Wildman–Crippen MR) is 125 cm³/mol. The summed E-state index contributed by atoms with van der Waals surface area (Å²) in [7, 11) is 0. The van der Waals surface area contributed by atoms with Crippen molar-refractivity contribution in [3.05, 3.63) is 52.8 Å². The van der Waals surface area contributed by atoms with Crippen molar-refractivity contribution in [3.8, 4) is 5.75 Å². The number of hydrogen-bond acceptors (Lipinski definition) is 5. The second-order valence-corrected chi connectivity index (χ2v) is 9.12. The first kappa shape index (κ1) is 21.9. The average molecular weight is 450 g/mol. The molecule has 154 valence electrons. The monoisotopic (exact) mass is 449 g/mol. The van der Waals surface area contributed by atoms with Gasteiger partial charge >= 0.3 is 0 Å². The Bertz CT molecular complexity index is 905. The van der Waals surface area contributed by atoms with E-state index in [2.05, 4.69) is 6.92 Å². The first-order valence-electron chi connectivity index (χ1n) is 9.69. The minimum Gasteiger partial charge on any atom is -0.494 e. The number of amides is 1. The third-order valence-corrected chi connectivity index (χ3v) is 6.25. The van der Waals surface area contributed by atoms with Crippen LogP contribution in [0.5, 0.6) is 5.75 Å². The van der Waals surface area contributed by atoms with Gasteiger partial charge in [0.25, 0.3) is 5.91 Å². The van der Waals surface area contributed by atoms with E-state index in [-0.39, 0.29) is 17.2 Å². The predicted octanol–water partition coefficient (Wildman–Crippen LogP) is 6.60. The van der Waals surface area contributed by atoms with Gasteiger partial charge in [0.15, 0.2) is 4.32 Å². The lowest BCUT2D eigenvalue weighted by atomic mass is 9.98. The van der Waals surface area contributed by atoms with Crippen molar-refractivity contribution in [3.63, 3.8) is 0 Å². The van der Waals surface area contributed by atoms with Gasteiger partial charge in [0.1, 0.15) is 17.3 Å². The molecule has 0 radical (unpaired) electrons. The van der Waals surface area contributed by atoms with Crippen LogP contribution in [0.4, 0.5) is 5.69 Å². The molecule has 1 aliphatic heterocycles. The van der Waals surface area contributed by atoms with Crippen LogP contribution in [0.3, 0.4) is 0 Å². The topological polar surface area (TPSA) is 42.7 Å². The standard InChI is InChI=1S/C22H24ClNO3S2/c1-4-6-18(14(3)23)19-12-11-17(27-19)13-20-21(25)24(22(28)29-20)15-7-9-16(10-8-15)26-5-2/h7-14,18H,4-6H2,1-3H3/b20-13-. The molecule has 1 aromatic carbocycles. The number of carbonyl (C=O) groups is 1. The summed E-state index contributed by atoms with van der Waals surface area (Å²) in [6.07, 6.45) is 3.73. The van der Waals surface area contributed by atoms with Crippen LogP contribution in [-0.4, -0.2) is 22.2 Å². The van der Waals surface area contributed by atoms with E-state index in [1.807, 2.05) is 50.2 Å². The summed E-state index contributed by atoms with van der Waals surface area (Å²) < 4.78 is 11.9. The first-order chi connectivity index (χ1) is 13.9. The molecule has 7 heteroatoms. The highest BCUT2D eigenvalue weighted by Gasteiger charge is 2.33. The number of ether oxygens (including phenoxy) is 1. The van der Waals surface area contributed by atoms with Crippen molar-refractivity contribution in [1.29, 1.82) is 0 Å². The molecule has 0 saturated carbocycles. The van der Waals surface area contributed by atoms with E-state index in [0.29, 0.717) is 21.6 Å². The van der Waals surface area contributed by atoms with E-state index in [1.165, 1.54) is 16.7 Å². The van der Waals surface area contributed by atoms with Crippen LogP contribution in [0.15, 0.2) is 45.7 Å². The molecule has 0 bridgehead atoms. The van der Waals surface area contributed by atoms with E-state index < -0.39 is 0 Å². The maximum atomic E-state index is 12.9. The lowest BCUT2D eigenvalue weighted by Gasteiger charge is -2.15. The van der Waals surface area contributed by atoms with Crippen molar-refractivity contribution < 1.29 is 13.9 Å². The summed E-state index contributed by atoms with van der Waals surface area (Å²) in [6.45, 7) is 6.63. The van der Waals surface area contributed by atoms with Gasteiger partial charge < -0.3 is 9.15 Å². The minimum atomic E-state index is -0.155. The maximum absolute atomic E-state index is 12.9. The summed E-state index contributed by atoms with van der Waals surface area (Å²) in [5, 5.41) is -0.0215. The van der Waals surface area contributed by atoms with Crippen molar-refractivity contribution in [2.45, 2.75) is 44.9 Å². The van der Waals surface area contributed by atoms with Crippen molar-refractivity contribution in [2.24, 2.45) is 0 Å². The summed E-state index contributed by atoms with van der Waals surface area (Å²) in [4.78, 5) is 15.0. The molecule has 3 rings (SSSR count). The fourth-order valence-corrected chi connectivity index (χ4v) is 4.76. The van der Waals surface area contributed by atoms with E-state index >= 15 is 0 Å². The quantitative estimate of drug-likeness (QED) is 0.258. The molecular formula is C22H24ClNO3S2. The molecule has 2 aromatic rings. The van der Waals surface area contributed by atoms with Crippen LogP contribution in [0.1, 0.15) is 51.1 Å². The number of furan rings is 1. The Kier molecular flexibility index (Phi) is 7.44. The van der Waals surface area contributed by atoms with Crippen molar-refractivity contribution in [1.82, 2.24) is 0 Å². The second kappa shape index (κ2) is 9.83. The normalized spacial score (nSPS) is 17.8. The van der Waals surface area contributed by atoms with E-state index in [9.17, 15) is 4.79 Å². The molecule has 1 saturated heterocycles. The SMILES string of the molecule is CCCC(c1ccc(/C=C2\SC(=S)N(c3ccc(OCC)cc3)C2=O)o1)C(C)Cl. The van der Waals surface area contributed by atoms with Gasteiger partial charge in [0.05, 0.1) is 17.2 Å². The van der Waals surface area contributed by atoms with Crippen molar-refractivity contribution >= 4 is 57.6 Å². The number of alkyl halides is 1. The van der Waals surface area contributed by atoms with Gasteiger partial charge in [-0.1, -0.05) is 37.3 Å². The number of carbonyl (C=O) groups excluding carboxylic acids is 1.